The highest BCUT2D eigenvalue weighted by Crippen LogP contribution is 2.49. The van der Waals surface area contributed by atoms with Crippen LogP contribution >= 0.6 is 11.8 Å². The molecule has 1 aliphatic rings. The molecule has 0 saturated carbocycles. The first kappa shape index (κ1) is 14.0. The molecule has 3 nitrogen and oxygen atoms in total. The Kier molecular flexibility index (Phi) is 3.88. The van der Waals surface area contributed by atoms with Crippen LogP contribution in [0.5, 0.6) is 0 Å². The average Bonchev–Trinajstić information content (AvgIpc) is 2.50. The molecule has 0 aliphatic carbocycles. The summed E-state index contributed by atoms with van der Waals surface area (Å²) < 4.78 is 0. The van der Waals surface area contributed by atoms with Crippen molar-refractivity contribution in [1.82, 2.24) is 0 Å². The van der Waals surface area contributed by atoms with Crippen molar-refractivity contribution in [2.45, 2.75) is 29.6 Å². The summed E-state index contributed by atoms with van der Waals surface area (Å²) in [4.78, 5) is 15.6. The summed E-state index contributed by atoms with van der Waals surface area (Å²) in [5.74, 6) is -0.749. The molecule has 1 aliphatic heterocycles. The Hall–Kier alpha value is -1.94. The van der Waals surface area contributed by atoms with E-state index in [0.717, 1.165) is 12.1 Å². The molecule has 1 heterocycles. The fourth-order valence-corrected chi connectivity index (χ4v) is 3.92. The minimum Gasteiger partial charge on any atom is -0.481 e. The van der Waals surface area contributed by atoms with Crippen molar-refractivity contribution in [3.8, 4) is 0 Å². The quantitative estimate of drug-likeness (QED) is 0.912. The van der Waals surface area contributed by atoms with Crippen LogP contribution in [0, 0.1) is 0 Å². The summed E-state index contributed by atoms with van der Waals surface area (Å²) in [6.07, 6.45) is 0.746. The predicted octanol–water partition coefficient (Wildman–Crippen LogP) is 4.33. The van der Waals surface area contributed by atoms with E-state index >= 15 is 0 Å². The van der Waals surface area contributed by atoms with Gasteiger partial charge in [0.05, 0.1) is 11.4 Å². The third-order valence-corrected chi connectivity index (χ3v) is 4.90. The van der Waals surface area contributed by atoms with Crippen molar-refractivity contribution in [2.75, 3.05) is 11.4 Å². The normalized spacial score (nSPS) is 12.7. The number of nitrogens with zero attached hydrogens (tertiary/aromatic N) is 1. The van der Waals surface area contributed by atoms with Crippen molar-refractivity contribution in [1.29, 1.82) is 0 Å². The Morgan fingerprint density at radius 1 is 1.14 bits per heavy atom. The van der Waals surface area contributed by atoms with Gasteiger partial charge >= 0.3 is 5.97 Å². The maximum absolute atomic E-state index is 10.8. The van der Waals surface area contributed by atoms with Crippen LogP contribution < -0.4 is 4.90 Å². The predicted molar refractivity (Wildman–Crippen MR) is 85.6 cm³/mol. The van der Waals surface area contributed by atoms with Crippen molar-refractivity contribution in [2.24, 2.45) is 0 Å². The second kappa shape index (κ2) is 5.82. The van der Waals surface area contributed by atoms with Crippen LogP contribution in [0.3, 0.4) is 0 Å². The van der Waals surface area contributed by atoms with E-state index in [9.17, 15) is 4.79 Å². The molecule has 0 saturated heterocycles. The number of fused-ring (bicyclic) bond motifs is 2. The van der Waals surface area contributed by atoms with E-state index in [4.69, 9.17) is 5.11 Å². The molecule has 0 amide bonds. The van der Waals surface area contributed by atoms with Crippen LogP contribution in [0.4, 0.5) is 11.4 Å². The van der Waals surface area contributed by atoms with E-state index in [-0.39, 0.29) is 6.42 Å². The highest BCUT2D eigenvalue weighted by Gasteiger charge is 2.23. The largest absolute Gasteiger partial charge is 0.481 e. The van der Waals surface area contributed by atoms with E-state index < -0.39 is 5.97 Å². The van der Waals surface area contributed by atoms with E-state index in [1.165, 1.54) is 21.2 Å². The SMILES string of the molecule is CCN1c2ccccc2Sc2c(CCC(=O)O)cccc21. The Bertz CT molecular complexity index is 684. The number of para-hydroxylation sites is 1. The lowest BCUT2D eigenvalue weighted by Gasteiger charge is -2.33. The van der Waals surface area contributed by atoms with E-state index in [1.807, 2.05) is 18.2 Å². The second-order valence-electron chi connectivity index (χ2n) is 4.97. The molecule has 3 rings (SSSR count). The number of rotatable bonds is 4. The van der Waals surface area contributed by atoms with Gasteiger partial charge in [-0.25, -0.2) is 0 Å². The topological polar surface area (TPSA) is 40.5 Å². The van der Waals surface area contributed by atoms with Gasteiger partial charge in [-0.2, -0.15) is 0 Å². The summed E-state index contributed by atoms with van der Waals surface area (Å²) in [5.41, 5.74) is 3.53. The number of hydrogen-bond acceptors (Lipinski definition) is 3. The Balaban J connectivity index is 2.04. The number of carboxylic acids is 1. The second-order valence-corrected chi connectivity index (χ2v) is 6.03. The fourth-order valence-electron chi connectivity index (χ4n) is 2.69. The molecule has 0 aromatic heterocycles. The van der Waals surface area contributed by atoms with Gasteiger partial charge in [-0.05, 0) is 37.1 Å². The number of benzene rings is 2. The zero-order valence-electron chi connectivity index (χ0n) is 11.9. The number of aryl methyl sites for hydroxylation is 1. The molecule has 2 aromatic rings. The van der Waals surface area contributed by atoms with Crippen molar-refractivity contribution in [3.05, 3.63) is 48.0 Å². The molecule has 108 valence electrons. The van der Waals surface area contributed by atoms with Crippen LogP contribution in [0.25, 0.3) is 0 Å². The number of aliphatic carboxylic acids is 1. The van der Waals surface area contributed by atoms with E-state index in [1.54, 1.807) is 11.8 Å². The molecule has 0 bridgehead atoms. The summed E-state index contributed by atoms with van der Waals surface area (Å²) in [6, 6.07) is 14.5. The maximum Gasteiger partial charge on any atom is 0.303 e. The smallest absolute Gasteiger partial charge is 0.303 e. The minimum absolute atomic E-state index is 0.171. The summed E-state index contributed by atoms with van der Waals surface area (Å²) in [6.45, 7) is 3.04. The first-order valence-corrected chi connectivity index (χ1v) is 7.90. The maximum atomic E-state index is 10.8. The molecule has 21 heavy (non-hydrogen) atoms. The minimum atomic E-state index is -0.749. The van der Waals surface area contributed by atoms with Gasteiger partial charge in [0.1, 0.15) is 0 Å². The van der Waals surface area contributed by atoms with Crippen molar-refractivity contribution in [3.63, 3.8) is 0 Å². The highest BCUT2D eigenvalue weighted by atomic mass is 32.2. The van der Waals surface area contributed by atoms with Crippen LogP contribution in [0.1, 0.15) is 18.9 Å². The highest BCUT2D eigenvalue weighted by molar-refractivity contribution is 7.99. The number of carboxylic acid groups (broad SMARTS) is 1. The summed E-state index contributed by atoms with van der Waals surface area (Å²) in [5, 5.41) is 8.92. The number of carbonyl (C=O) groups is 1. The lowest BCUT2D eigenvalue weighted by atomic mass is 10.1. The number of hydrogen-bond donors (Lipinski definition) is 1. The van der Waals surface area contributed by atoms with Crippen LogP contribution in [0.15, 0.2) is 52.3 Å². The van der Waals surface area contributed by atoms with Gasteiger partial charge in [-0.1, -0.05) is 36.0 Å². The van der Waals surface area contributed by atoms with Gasteiger partial charge < -0.3 is 10.0 Å². The van der Waals surface area contributed by atoms with Gasteiger partial charge in [0.2, 0.25) is 0 Å². The monoisotopic (exact) mass is 299 g/mol. The molecule has 0 radical (unpaired) electrons. The van der Waals surface area contributed by atoms with Gasteiger partial charge in [-0.3, -0.25) is 4.79 Å². The zero-order valence-corrected chi connectivity index (χ0v) is 12.7. The number of anilines is 2. The van der Waals surface area contributed by atoms with E-state index in [0.29, 0.717) is 6.42 Å². The lowest BCUT2D eigenvalue weighted by molar-refractivity contribution is -0.136. The molecule has 2 aromatic carbocycles. The Morgan fingerprint density at radius 2 is 1.90 bits per heavy atom. The average molecular weight is 299 g/mol. The van der Waals surface area contributed by atoms with Crippen LogP contribution in [-0.2, 0) is 11.2 Å². The Morgan fingerprint density at radius 3 is 2.67 bits per heavy atom. The lowest BCUT2D eigenvalue weighted by Crippen LogP contribution is -2.20. The molecular weight excluding hydrogens is 282 g/mol. The summed E-state index contributed by atoms with van der Waals surface area (Å²) in [7, 11) is 0. The van der Waals surface area contributed by atoms with Gasteiger partial charge in [0, 0.05) is 22.8 Å². The molecular formula is C17H17NO2S. The van der Waals surface area contributed by atoms with Gasteiger partial charge in [0.25, 0.3) is 0 Å². The third-order valence-electron chi connectivity index (χ3n) is 3.66. The van der Waals surface area contributed by atoms with Crippen molar-refractivity contribution >= 4 is 29.1 Å². The van der Waals surface area contributed by atoms with E-state index in [2.05, 4.69) is 36.1 Å². The van der Waals surface area contributed by atoms with Crippen molar-refractivity contribution < 1.29 is 9.90 Å². The zero-order chi connectivity index (χ0) is 14.8. The van der Waals surface area contributed by atoms with Gasteiger partial charge in [0.15, 0.2) is 0 Å². The summed E-state index contributed by atoms with van der Waals surface area (Å²) >= 11 is 1.75. The molecule has 0 spiro atoms. The third kappa shape index (κ3) is 2.63. The van der Waals surface area contributed by atoms with Crippen LogP contribution in [0.2, 0.25) is 0 Å². The Labute approximate surface area is 128 Å². The molecule has 0 fully saturated rings. The van der Waals surface area contributed by atoms with Crippen LogP contribution in [-0.4, -0.2) is 17.6 Å². The van der Waals surface area contributed by atoms with Gasteiger partial charge in [-0.15, -0.1) is 0 Å². The fraction of sp³-hybridized carbons (Fsp3) is 0.235. The standard InChI is InChI=1S/C17H17NO2S/c1-2-18-13-7-3-4-9-15(13)21-17-12(10-11-16(19)20)6-5-8-14(17)18/h3-9H,2,10-11H2,1H3,(H,19,20). The molecule has 4 heteroatoms. The molecule has 0 atom stereocenters. The molecule has 1 N–H and O–H groups in total. The first-order valence-electron chi connectivity index (χ1n) is 7.09. The molecule has 0 unspecified atom stereocenters. The first-order chi connectivity index (χ1) is 10.2.